The van der Waals surface area contributed by atoms with Gasteiger partial charge in [-0.2, -0.15) is 0 Å². The highest BCUT2D eigenvalue weighted by Crippen LogP contribution is 2.07. The van der Waals surface area contributed by atoms with E-state index in [1.54, 1.807) is 0 Å². The largest absolute Gasteiger partial charge is 0.376 e. The molecule has 15 heavy (non-hydrogen) atoms. The molecule has 0 aromatic rings. The normalized spacial score (nSPS) is 20.4. The molecular formula is C12H26N2O. The standard InChI is InChI=1S/C12H26N2O/c1-3-13-11-12(2)15-10-9-14-7-5-4-6-8-14/h12-13H,3-11H2,1-2H3. The van der Waals surface area contributed by atoms with Crippen LogP contribution in [0.1, 0.15) is 33.1 Å². The molecule has 1 rings (SSSR count). The molecule has 0 aromatic heterocycles. The van der Waals surface area contributed by atoms with Gasteiger partial charge in [-0.1, -0.05) is 13.3 Å². The average Bonchev–Trinajstić information content (AvgIpc) is 2.28. The summed E-state index contributed by atoms with van der Waals surface area (Å²) in [5.74, 6) is 0. The highest BCUT2D eigenvalue weighted by molar-refractivity contribution is 4.64. The van der Waals surface area contributed by atoms with Crippen LogP contribution in [0.5, 0.6) is 0 Å². The number of hydrogen-bond acceptors (Lipinski definition) is 3. The van der Waals surface area contributed by atoms with Crippen molar-refractivity contribution in [1.29, 1.82) is 0 Å². The zero-order valence-corrected chi connectivity index (χ0v) is 10.3. The number of ether oxygens (including phenoxy) is 1. The van der Waals surface area contributed by atoms with Gasteiger partial charge >= 0.3 is 0 Å². The van der Waals surface area contributed by atoms with Gasteiger partial charge in [-0.3, -0.25) is 0 Å². The third-order valence-corrected chi connectivity index (χ3v) is 2.94. The fraction of sp³-hybridized carbons (Fsp3) is 1.00. The first-order valence-electron chi connectivity index (χ1n) is 6.37. The Labute approximate surface area is 94.2 Å². The molecule has 0 radical (unpaired) electrons. The number of nitrogens with one attached hydrogen (secondary N) is 1. The van der Waals surface area contributed by atoms with Crippen LogP contribution in [-0.4, -0.2) is 50.3 Å². The van der Waals surface area contributed by atoms with E-state index in [2.05, 4.69) is 24.1 Å². The fourth-order valence-corrected chi connectivity index (χ4v) is 1.97. The molecule has 1 aliphatic heterocycles. The summed E-state index contributed by atoms with van der Waals surface area (Å²) in [5.41, 5.74) is 0. The van der Waals surface area contributed by atoms with Crippen molar-refractivity contribution in [2.45, 2.75) is 39.2 Å². The van der Waals surface area contributed by atoms with E-state index in [9.17, 15) is 0 Å². The quantitative estimate of drug-likeness (QED) is 0.695. The molecule has 0 aliphatic carbocycles. The van der Waals surface area contributed by atoms with Crippen molar-refractivity contribution >= 4 is 0 Å². The lowest BCUT2D eigenvalue weighted by atomic mass is 10.1. The highest BCUT2D eigenvalue weighted by Gasteiger charge is 2.09. The van der Waals surface area contributed by atoms with Gasteiger partial charge in [0.2, 0.25) is 0 Å². The molecule has 3 heteroatoms. The molecule has 0 saturated carbocycles. The van der Waals surface area contributed by atoms with Crippen molar-refractivity contribution in [3.8, 4) is 0 Å². The minimum absolute atomic E-state index is 0.342. The molecule has 0 bridgehead atoms. The van der Waals surface area contributed by atoms with E-state index in [-0.39, 0.29) is 0 Å². The van der Waals surface area contributed by atoms with Crippen molar-refractivity contribution in [1.82, 2.24) is 10.2 Å². The Hall–Kier alpha value is -0.120. The number of hydrogen-bond donors (Lipinski definition) is 1. The Morgan fingerprint density at radius 3 is 2.67 bits per heavy atom. The molecule has 0 aromatic carbocycles. The molecule has 1 unspecified atom stereocenters. The predicted molar refractivity (Wildman–Crippen MR) is 64.2 cm³/mol. The van der Waals surface area contributed by atoms with Crippen molar-refractivity contribution in [2.24, 2.45) is 0 Å². The van der Waals surface area contributed by atoms with Gasteiger partial charge in [0.15, 0.2) is 0 Å². The second kappa shape index (κ2) is 8.08. The lowest BCUT2D eigenvalue weighted by Gasteiger charge is -2.26. The zero-order valence-electron chi connectivity index (χ0n) is 10.3. The summed E-state index contributed by atoms with van der Waals surface area (Å²) in [4.78, 5) is 2.52. The predicted octanol–water partition coefficient (Wildman–Crippen LogP) is 1.49. The maximum Gasteiger partial charge on any atom is 0.0672 e. The summed E-state index contributed by atoms with van der Waals surface area (Å²) in [5, 5.41) is 3.30. The molecule has 0 amide bonds. The molecule has 90 valence electrons. The molecule has 3 nitrogen and oxygen atoms in total. The highest BCUT2D eigenvalue weighted by atomic mass is 16.5. The second-order valence-corrected chi connectivity index (χ2v) is 4.39. The molecule has 1 N–H and O–H groups in total. The molecule has 1 fully saturated rings. The number of rotatable bonds is 7. The van der Waals surface area contributed by atoms with Crippen LogP contribution < -0.4 is 5.32 Å². The van der Waals surface area contributed by atoms with Gasteiger partial charge < -0.3 is 15.0 Å². The molecule has 1 heterocycles. The van der Waals surface area contributed by atoms with Crippen LogP contribution >= 0.6 is 0 Å². The molecular weight excluding hydrogens is 188 g/mol. The third-order valence-electron chi connectivity index (χ3n) is 2.94. The SMILES string of the molecule is CCNCC(C)OCCN1CCCCC1. The van der Waals surface area contributed by atoms with Crippen molar-refractivity contribution in [3.63, 3.8) is 0 Å². The minimum atomic E-state index is 0.342. The van der Waals surface area contributed by atoms with Gasteiger partial charge in [0.25, 0.3) is 0 Å². The summed E-state index contributed by atoms with van der Waals surface area (Å²) in [6.07, 6.45) is 4.49. The summed E-state index contributed by atoms with van der Waals surface area (Å²) in [6, 6.07) is 0. The summed E-state index contributed by atoms with van der Waals surface area (Å²) in [6.45, 7) is 10.8. The van der Waals surface area contributed by atoms with E-state index in [1.807, 2.05) is 0 Å². The van der Waals surface area contributed by atoms with E-state index in [4.69, 9.17) is 4.74 Å². The van der Waals surface area contributed by atoms with Crippen molar-refractivity contribution in [3.05, 3.63) is 0 Å². The molecule has 1 aliphatic rings. The fourth-order valence-electron chi connectivity index (χ4n) is 1.97. The van der Waals surface area contributed by atoms with Gasteiger partial charge in [0.05, 0.1) is 12.7 Å². The molecule has 0 spiro atoms. The molecule has 1 atom stereocenters. The van der Waals surface area contributed by atoms with Crippen LogP contribution in [0, 0.1) is 0 Å². The van der Waals surface area contributed by atoms with Gasteiger partial charge in [-0.05, 0) is 39.4 Å². The van der Waals surface area contributed by atoms with Crippen LogP contribution in [0.25, 0.3) is 0 Å². The van der Waals surface area contributed by atoms with Gasteiger partial charge in [0, 0.05) is 13.1 Å². The summed E-state index contributed by atoms with van der Waals surface area (Å²) >= 11 is 0. The topological polar surface area (TPSA) is 24.5 Å². The Balaban J connectivity index is 1.94. The van der Waals surface area contributed by atoms with E-state index in [0.29, 0.717) is 6.10 Å². The van der Waals surface area contributed by atoms with Crippen LogP contribution in [-0.2, 0) is 4.74 Å². The number of likely N-dealkylation sites (N-methyl/N-ethyl adjacent to an activating group) is 1. The Bertz CT molecular complexity index is 147. The smallest absolute Gasteiger partial charge is 0.0672 e. The van der Waals surface area contributed by atoms with Crippen LogP contribution in [0.2, 0.25) is 0 Å². The van der Waals surface area contributed by atoms with E-state index >= 15 is 0 Å². The Morgan fingerprint density at radius 1 is 1.27 bits per heavy atom. The van der Waals surface area contributed by atoms with Gasteiger partial charge in [-0.25, -0.2) is 0 Å². The maximum atomic E-state index is 5.74. The Morgan fingerprint density at radius 2 is 2.00 bits per heavy atom. The van der Waals surface area contributed by atoms with E-state index in [0.717, 1.165) is 26.2 Å². The molecule has 1 saturated heterocycles. The number of likely N-dealkylation sites (tertiary alicyclic amines) is 1. The van der Waals surface area contributed by atoms with Crippen molar-refractivity contribution in [2.75, 3.05) is 39.3 Å². The summed E-state index contributed by atoms with van der Waals surface area (Å²) in [7, 11) is 0. The minimum Gasteiger partial charge on any atom is -0.376 e. The van der Waals surface area contributed by atoms with Crippen LogP contribution in [0.15, 0.2) is 0 Å². The monoisotopic (exact) mass is 214 g/mol. The number of nitrogens with zero attached hydrogens (tertiary/aromatic N) is 1. The van der Waals surface area contributed by atoms with E-state index in [1.165, 1.54) is 32.4 Å². The first-order chi connectivity index (χ1) is 7.33. The van der Waals surface area contributed by atoms with Crippen molar-refractivity contribution < 1.29 is 4.74 Å². The first-order valence-corrected chi connectivity index (χ1v) is 6.37. The van der Waals surface area contributed by atoms with Gasteiger partial charge in [0.1, 0.15) is 0 Å². The van der Waals surface area contributed by atoms with Crippen LogP contribution in [0.3, 0.4) is 0 Å². The Kier molecular flexibility index (Phi) is 6.98. The second-order valence-electron chi connectivity index (χ2n) is 4.39. The number of piperidine rings is 1. The summed E-state index contributed by atoms with van der Waals surface area (Å²) < 4.78 is 5.74. The first kappa shape index (κ1) is 12.9. The van der Waals surface area contributed by atoms with Crippen LogP contribution in [0.4, 0.5) is 0 Å². The maximum absolute atomic E-state index is 5.74. The van der Waals surface area contributed by atoms with Gasteiger partial charge in [-0.15, -0.1) is 0 Å². The lowest BCUT2D eigenvalue weighted by molar-refractivity contribution is 0.0453. The van der Waals surface area contributed by atoms with E-state index < -0.39 is 0 Å². The third kappa shape index (κ3) is 6.13. The lowest BCUT2D eigenvalue weighted by Crippen LogP contribution is -2.34. The zero-order chi connectivity index (χ0) is 10.9. The average molecular weight is 214 g/mol.